The van der Waals surface area contributed by atoms with E-state index in [0.717, 1.165) is 5.56 Å². The molecule has 2 rings (SSSR count). The topological polar surface area (TPSA) is 93.7 Å². The lowest BCUT2D eigenvalue weighted by molar-refractivity contribution is -0.147. The third-order valence-electron chi connectivity index (χ3n) is 3.60. The van der Waals surface area contributed by atoms with Crippen molar-refractivity contribution in [3.05, 3.63) is 60.2 Å². The third-order valence-corrected chi connectivity index (χ3v) is 3.60. The highest BCUT2D eigenvalue weighted by Crippen LogP contribution is 2.25. The summed E-state index contributed by atoms with van der Waals surface area (Å²) >= 11 is 0. The van der Waals surface area contributed by atoms with Crippen molar-refractivity contribution in [3.8, 4) is 5.75 Å². The monoisotopic (exact) mass is 406 g/mol. The van der Waals surface area contributed by atoms with E-state index in [1.807, 2.05) is 30.3 Å². The number of rotatable bonds is 10. The fraction of sp³-hybridized carbons (Fsp3) is 0.250. The Balaban J connectivity index is 1.67. The molecule has 2 N–H and O–H groups in total. The van der Waals surface area contributed by atoms with Crippen LogP contribution in [-0.4, -0.2) is 37.5 Å². The highest BCUT2D eigenvalue weighted by Gasteiger charge is 2.13. The average molecular weight is 406 g/mol. The van der Waals surface area contributed by atoms with Gasteiger partial charge in [-0.15, -0.1) is 0 Å². The molecule has 2 amide bonds. The van der Waals surface area contributed by atoms with Crippen LogP contribution >= 0.6 is 0 Å². The molecule has 7 nitrogen and oxygen atoms in total. The summed E-state index contributed by atoms with van der Waals surface area (Å²) in [5, 5.41) is 4.92. The van der Waals surface area contributed by atoms with Crippen LogP contribution in [0.2, 0.25) is 0 Å². The van der Waals surface area contributed by atoms with Crippen LogP contribution in [0, 0.1) is 0 Å². The first kappa shape index (κ1) is 21.8. The number of nitrogens with one attached hydrogen (secondary N) is 2. The number of para-hydroxylation sites is 2. The van der Waals surface area contributed by atoms with Gasteiger partial charge in [0.2, 0.25) is 5.91 Å². The van der Waals surface area contributed by atoms with Crippen LogP contribution in [0.15, 0.2) is 54.6 Å². The van der Waals surface area contributed by atoms with E-state index < -0.39 is 25.1 Å². The Morgan fingerprint density at radius 3 is 2.34 bits per heavy atom. The SMILES string of the molecule is O=C(Cc1ccccc1)NCCC(=O)OCC(=O)Nc1ccccc1OC(F)F. The highest BCUT2D eigenvalue weighted by atomic mass is 19.3. The maximum absolute atomic E-state index is 12.4. The summed E-state index contributed by atoms with van der Waals surface area (Å²) in [4.78, 5) is 35.3. The van der Waals surface area contributed by atoms with Gasteiger partial charge in [0.15, 0.2) is 6.61 Å². The molecule has 0 radical (unpaired) electrons. The lowest BCUT2D eigenvalue weighted by Gasteiger charge is -2.11. The molecular formula is C20H20F2N2O5. The van der Waals surface area contributed by atoms with E-state index in [9.17, 15) is 23.2 Å². The number of carbonyl (C=O) groups excluding carboxylic acids is 3. The molecule has 154 valence electrons. The smallest absolute Gasteiger partial charge is 0.387 e. The molecule has 0 fully saturated rings. The minimum Gasteiger partial charge on any atom is -0.456 e. The van der Waals surface area contributed by atoms with Gasteiger partial charge in [-0.05, 0) is 17.7 Å². The summed E-state index contributed by atoms with van der Waals surface area (Å²) in [6.07, 6.45) is 0.0806. The molecule has 0 aromatic heterocycles. The van der Waals surface area contributed by atoms with Crippen molar-refractivity contribution < 1.29 is 32.6 Å². The standard InChI is InChI=1S/C20H20F2N2O5/c21-20(22)29-16-9-5-4-8-15(16)24-18(26)13-28-19(27)10-11-23-17(25)12-14-6-2-1-3-7-14/h1-9,20H,10-13H2,(H,23,25)(H,24,26). The zero-order valence-corrected chi connectivity index (χ0v) is 15.4. The van der Waals surface area contributed by atoms with Crippen LogP contribution in [0.25, 0.3) is 0 Å². The van der Waals surface area contributed by atoms with Gasteiger partial charge in [0.05, 0.1) is 18.5 Å². The Hall–Kier alpha value is -3.49. The van der Waals surface area contributed by atoms with E-state index in [1.54, 1.807) is 0 Å². The number of hydrogen-bond acceptors (Lipinski definition) is 5. The molecule has 0 heterocycles. The number of anilines is 1. The lowest BCUT2D eigenvalue weighted by Crippen LogP contribution is -2.28. The van der Waals surface area contributed by atoms with Gasteiger partial charge < -0.3 is 20.1 Å². The first-order valence-corrected chi connectivity index (χ1v) is 8.74. The third kappa shape index (κ3) is 8.37. The molecular weight excluding hydrogens is 386 g/mol. The zero-order chi connectivity index (χ0) is 21.1. The molecule has 0 unspecified atom stereocenters. The molecule has 0 bridgehead atoms. The Labute approximate surface area is 166 Å². The van der Waals surface area contributed by atoms with Gasteiger partial charge in [0, 0.05) is 6.54 Å². The molecule has 0 aliphatic carbocycles. The van der Waals surface area contributed by atoms with Crippen LogP contribution in [0.1, 0.15) is 12.0 Å². The van der Waals surface area contributed by atoms with Crippen molar-refractivity contribution in [2.24, 2.45) is 0 Å². The van der Waals surface area contributed by atoms with Gasteiger partial charge in [-0.25, -0.2) is 0 Å². The summed E-state index contributed by atoms with van der Waals surface area (Å²) in [6, 6.07) is 14.8. The first-order valence-electron chi connectivity index (χ1n) is 8.74. The normalized spacial score (nSPS) is 10.3. The number of benzene rings is 2. The van der Waals surface area contributed by atoms with Crippen LogP contribution in [-0.2, 0) is 25.5 Å². The van der Waals surface area contributed by atoms with E-state index in [1.165, 1.54) is 24.3 Å². The van der Waals surface area contributed by atoms with Crippen molar-refractivity contribution >= 4 is 23.5 Å². The van der Waals surface area contributed by atoms with Gasteiger partial charge in [-0.1, -0.05) is 42.5 Å². The van der Waals surface area contributed by atoms with E-state index in [0.29, 0.717) is 0 Å². The molecule has 0 saturated carbocycles. The van der Waals surface area contributed by atoms with Gasteiger partial charge in [0.25, 0.3) is 5.91 Å². The summed E-state index contributed by atoms with van der Waals surface area (Å²) in [6.45, 7) is -3.57. The van der Waals surface area contributed by atoms with Crippen LogP contribution in [0.5, 0.6) is 5.75 Å². The van der Waals surface area contributed by atoms with Crippen LogP contribution in [0.4, 0.5) is 14.5 Å². The predicted octanol–water partition coefficient (Wildman–Crippen LogP) is 2.52. The number of ether oxygens (including phenoxy) is 2. The Kier molecular flexibility index (Phi) is 8.55. The molecule has 2 aromatic rings. The largest absolute Gasteiger partial charge is 0.456 e. The zero-order valence-electron chi connectivity index (χ0n) is 15.4. The molecule has 0 aliphatic rings. The number of alkyl halides is 2. The van der Waals surface area contributed by atoms with E-state index in [2.05, 4.69) is 15.4 Å². The fourth-order valence-corrected chi connectivity index (χ4v) is 2.32. The molecule has 0 atom stereocenters. The Morgan fingerprint density at radius 2 is 1.62 bits per heavy atom. The predicted molar refractivity (Wildman–Crippen MR) is 100 cm³/mol. The van der Waals surface area contributed by atoms with Crippen molar-refractivity contribution in [1.29, 1.82) is 0 Å². The van der Waals surface area contributed by atoms with Crippen molar-refractivity contribution in [1.82, 2.24) is 5.32 Å². The second-order valence-corrected chi connectivity index (χ2v) is 5.85. The molecule has 29 heavy (non-hydrogen) atoms. The number of esters is 1. The summed E-state index contributed by atoms with van der Waals surface area (Å²) in [5.74, 6) is -1.84. The Morgan fingerprint density at radius 1 is 0.931 bits per heavy atom. The first-order chi connectivity index (χ1) is 13.9. The van der Waals surface area contributed by atoms with Crippen molar-refractivity contribution in [2.45, 2.75) is 19.5 Å². The quantitative estimate of drug-likeness (QED) is 0.592. The van der Waals surface area contributed by atoms with Crippen LogP contribution < -0.4 is 15.4 Å². The molecule has 2 aromatic carbocycles. The van der Waals surface area contributed by atoms with Gasteiger partial charge in [-0.2, -0.15) is 8.78 Å². The maximum Gasteiger partial charge on any atom is 0.387 e. The van der Waals surface area contributed by atoms with Crippen molar-refractivity contribution in [3.63, 3.8) is 0 Å². The van der Waals surface area contributed by atoms with Gasteiger partial charge in [-0.3, -0.25) is 14.4 Å². The van der Waals surface area contributed by atoms with E-state index >= 15 is 0 Å². The minimum absolute atomic E-state index is 0.0297. The molecule has 0 saturated heterocycles. The van der Waals surface area contributed by atoms with Gasteiger partial charge >= 0.3 is 12.6 Å². The maximum atomic E-state index is 12.4. The number of amides is 2. The van der Waals surface area contributed by atoms with E-state index in [4.69, 9.17) is 4.74 Å². The second kappa shape index (κ2) is 11.4. The van der Waals surface area contributed by atoms with Crippen molar-refractivity contribution in [2.75, 3.05) is 18.5 Å². The van der Waals surface area contributed by atoms with E-state index in [-0.39, 0.29) is 36.7 Å². The van der Waals surface area contributed by atoms with Gasteiger partial charge in [0.1, 0.15) is 5.75 Å². The summed E-state index contributed by atoms with van der Waals surface area (Å²) in [5.41, 5.74) is 0.877. The number of halogens is 2. The number of hydrogen-bond donors (Lipinski definition) is 2. The summed E-state index contributed by atoms with van der Waals surface area (Å²) < 4.78 is 33.8. The Bertz CT molecular complexity index is 831. The fourth-order valence-electron chi connectivity index (χ4n) is 2.32. The lowest BCUT2D eigenvalue weighted by atomic mass is 10.1. The molecule has 9 heteroatoms. The minimum atomic E-state index is -3.04. The molecule has 0 spiro atoms. The summed E-state index contributed by atoms with van der Waals surface area (Å²) in [7, 11) is 0. The average Bonchev–Trinajstić information content (AvgIpc) is 2.68. The second-order valence-electron chi connectivity index (χ2n) is 5.85. The number of carbonyl (C=O) groups is 3. The molecule has 0 aliphatic heterocycles. The van der Waals surface area contributed by atoms with Crippen LogP contribution in [0.3, 0.4) is 0 Å². The highest BCUT2D eigenvalue weighted by molar-refractivity contribution is 5.94.